The Morgan fingerprint density at radius 1 is 1.19 bits per heavy atom. The number of hydrogen-bond acceptors (Lipinski definition) is 8. The van der Waals surface area contributed by atoms with Crippen molar-refractivity contribution in [3.8, 4) is 11.5 Å². The Morgan fingerprint density at radius 2 is 1.98 bits per heavy atom. The topological polar surface area (TPSA) is 87.5 Å². The predicted molar refractivity (Wildman–Crippen MR) is 169 cm³/mol. The second-order valence-electron chi connectivity index (χ2n) is 10.9. The van der Waals surface area contributed by atoms with Crippen LogP contribution >= 0.6 is 27.7 Å². The van der Waals surface area contributed by atoms with Crippen LogP contribution < -0.4 is 14.8 Å². The van der Waals surface area contributed by atoms with Crippen LogP contribution in [-0.2, 0) is 15.3 Å². The number of methoxy groups -OCH3 is 1. The number of ether oxygens (including phenoxy) is 3. The molecular formula is C32H38BrFN4O4S. The van der Waals surface area contributed by atoms with Crippen LogP contribution in [0.2, 0.25) is 0 Å². The van der Waals surface area contributed by atoms with Gasteiger partial charge in [0.05, 0.1) is 23.8 Å². The fraction of sp³-hybridized carbons (Fsp3) is 0.469. The summed E-state index contributed by atoms with van der Waals surface area (Å²) in [6, 6.07) is 9.85. The quantitative estimate of drug-likeness (QED) is 0.117. The number of fused-ring (bicyclic) bond motifs is 1. The minimum atomic E-state index is -0.637. The summed E-state index contributed by atoms with van der Waals surface area (Å²) in [5.74, 6) is 1.37. The van der Waals surface area contributed by atoms with Gasteiger partial charge in [-0.3, -0.25) is 0 Å². The van der Waals surface area contributed by atoms with Gasteiger partial charge in [-0.15, -0.1) is 5.10 Å². The monoisotopic (exact) mass is 672 g/mol. The molecule has 1 aliphatic carbocycles. The van der Waals surface area contributed by atoms with Crippen LogP contribution in [0.25, 0.3) is 0 Å². The Kier molecular flexibility index (Phi) is 10.7. The zero-order valence-corrected chi connectivity index (χ0v) is 27.2. The number of unbranched alkanes of at least 4 members (excludes halogenated alkanes) is 2. The molecule has 3 aromatic rings. The number of benzene rings is 2. The first-order valence-electron chi connectivity index (χ1n) is 14.9. The Morgan fingerprint density at radius 3 is 2.72 bits per heavy atom. The number of esters is 1. The molecule has 0 spiro atoms. The molecule has 2 aliphatic rings. The van der Waals surface area contributed by atoms with Crippen LogP contribution in [0.3, 0.4) is 0 Å². The number of carbonyl (C=O) groups excluding carboxylic acids is 1. The summed E-state index contributed by atoms with van der Waals surface area (Å²) in [5, 5.41) is 8.53. The summed E-state index contributed by atoms with van der Waals surface area (Å²) < 4.78 is 34.6. The highest BCUT2D eigenvalue weighted by atomic mass is 79.9. The first kappa shape index (κ1) is 31.4. The molecule has 1 saturated carbocycles. The standard InChI is InChI=1S/C32H38BrFN4O4S/c1-4-5-11-16-41-29-24(33)17-22(18-26(29)40-3)28-27(30(39)42-23-13-7-6-8-14-23)20(2)35-31-36-32(37-38(28)31)43-19-21-12-9-10-15-25(21)34/h9-10,12,15,17-18,23,28H,4-8,11,13-14,16,19H2,1-3H3,(H,35,36,37). The van der Waals surface area contributed by atoms with Crippen LogP contribution in [0, 0.1) is 5.82 Å². The van der Waals surface area contributed by atoms with Gasteiger partial charge in [0.2, 0.25) is 11.1 Å². The lowest BCUT2D eigenvalue weighted by Gasteiger charge is -2.30. The largest absolute Gasteiger partial charge is 0.493 e. The summed E-state index contributed by atoms with van der Waals surface area (Å²) >= 11 is 5.02. The average Bonchev–Trinajstić information content (AvgIpc) is 3.41. The van der Waals surface area contributed by atoms with Crippen LogP contribution in [-0.4, -0.2) is 40.6 Å². The predicted octanol–water partition coefficient (Wildman–Crippen LogP) is 8.21. The van der Waals surface area contributed by atoms with Crippen molar-refractivity contribution in [3.05, 3.63) is 69.1 Å². The van der Waals surface area contributed by atoms with Gasteiger partial charge in [-0.25, -0.2) is 13.9 Å². The summed E-state index contributed by atoms with van der Waals surface area (Å²) in [5.41, 5.74) is 2.43. The number of anilines is 1. The fourth-order valence-corrected chi connectivity index (χ4v) is 6.87. The molecular weight excluding hydrogens is 635 g/mol. The van der Waals surface area contributed by atoms with E-state index in [2.05, 4.69) is 28.2 Å². The first-order valence-corrected chi connectivity index (χ1v) is 16.7. The normalized spacial score (nSPS) is 16.9. The van der Waals surface area contributed by atoms with Gasteiger partial charge in [-0.05, 0) is 84.3 Å². The van der Waals surface area contributed by atoms with Crippen molar-refractivity contribution in [2.45, 2.75) is 88.3 Å². The molecule has 0 radical (unpaired) electrons. The van der Waals surface area contributed by atoms with E-state index in [1.54, 1.807) is 23.9 Å². The van der Waals surface area contributed by atoms with Gasteiger partial charge in [-0.2, -0.15) is 4.98 Å². The molecule has 8 nitrogen and oxygen atoms in total. The van der Waals surface area contributed by atoms with E-state index in [9.17, 15) is 9.18 Å². The zero-order chi connectivity index (χ0) is 30.3. The van der Waals surface area contributed by atoms with Gasteiger partial charge < -0.3 is 19.5 Å². The molecule has 1 aliphatic heterocycles. The van der Waals surface area contributed by atoms with Gasteiger partial charge in [-0.1, -0.05) is 56.1 Å². The smallest absolute Gasteiger partial charge is 0.338 e. The van der Waals surface area contributed by atoms with E-state index < -0.39 is 6.04 Å². The van der Waals surface area contributed by atoms with Crippen molar-refractivity contribution < 1.29 is 23.4 Å². The number of nitrogens with zero attached hydrogens (tertiary/aromatic N) is 3. The molecule has 1 aromatic heterocycles. The van der Waals surface area contributed by atoms with Crippen LogP contribution in [0.5, 0.6) is 11.5 Å². The lowest BCUT2D eigenvalue weighted by atomic mass is 9.94. The van der Waals surface area contributed by atoms with E-state index in [0.717, 1.165) is 56.9 Å². The van der Waals surface area contributed by atoms with Crippen molar-refractivity contribution in [2.75, 3.05) is 19.0 Å². The van der Waals surface area contributed by atoms with Gasteiger partial charge >= 0.3 is 5.97 Å². The Hall–Kier alpha value is -3.05. The molecule has 1 N–H and O–H groups in total. The first-order chi connectivity index (χ1) is 20.9. The van der Waals surface area contributed by atoms with Crippen LogP contribution in [0.1, 0.15) is 82.4 Å². The minimum absolute atomic E-state index is 0.105. The molecule has 43 heavy (non-hydrogen) atoms. The molecule has 1 unspecified atom stereocenters. The zero-order valence-electron chi connectivity index (χ0n) is 24.8. The maximum Gasteiger partial charge on any atom is 0.338 e. The number of nitrogens with one attached hydrogen (secondary N) is 1. The molecule has 230 valence electrons. The van der Waals surface area contributed by atoms with Crippen LogP contribution in [0.15, 0.2) is 57.3 Å². The highest BCUT2D eigenvalue weighted by Crippen LogP contribution is 2.43. The number of halogens is 2. The van der Waals surface area contributed by atoms with Crippen molar-refractivity contribution in [2.24, 2.45) is 0 Å². The Labute approximate surface area is 264 Å². The van der Waals surface area contributed by atoms with Crippen molar-refractivity contribution in [3.63, 3.8) is 0 Å². The maximum atomic E-state index is 14.3. The van der Waals surface area contributed by atoms with E-state index in [-0.39, 0.29) is 17.9 Å². The average molecular weight is 674 g/mol. The molecule has 2 aromatic carbocycles. The van der Waals surface area contributed by atoms with E-state index in [1.807, 2.05) is 25.1 Å². The Balaban J connectivity index is 1.50. The molecule has 1 fully saturated rings. The Bertz CT molecular complexity index is 1470. The summed E-state index contributed by atoms with van der Waals surface area (Å²) in [4.78, 5) is 18.5. The number of hydrogen-bond donors (Lipinski definition) is 1. The third-order valence-corrected chi connectivity index (χ3v) is 9.23. The third kappa shape index (κ3) is 7.37. The number of allylic oxidation sites excluding steroid dienone is 1. The highest BCUT2D eigenvalue weighted by molar-refractivity contribution is 9.10. The molecule has 5 rings (SSSR count). The van der Waals surface area contributed by atoms with E-state index in [1.165, 1.54) is 17.8 Å². The molecule has 0 bridgehead atoms. The lowest BCUT2D eigenvalue weighted by molar-refractivity contribution is -0.146. The second kappa shape index (κ2) is 14.6. The fourth-order valence-electron chi connectivity index (χ4n) is 5.48. The van der Waals surface area contributed by atoms with Gasteiger partial charge in [0.25, 0.3) is 0 Å². The molecule has 11 heteroatoms. The van der Waals surface area contributed by atoms with Gasteiger partial charge in [0.1, 0.15) is 18.0 Å². The second-order valence-corrected chi connectivity index (χ2v) is 12.7. The van der Waals surface area contributed by atoms with Gasteiger partial charge in [0, 0.05) is 11.4 Å². The van der Waals surface area contributed by atoms with Crippen molar-refractivity contribution in [1.82, 2.24) is 14.8 Å². The van der Waals surface area contributed by atoms with Crippen molar-refractivity contribution in [1.29, 1.82) is 0 Å². The number of carbonyl (C=O) groups is 1. The lowest BCUT2D eigenvalue weighted by Crippen LogP contribution is -2.32. The number of thioether (sulfide) groups is 1. The van der Waals surface area contributed by atoms with Crippen LogP contribution in [0.4, 0.5) is 10.3 Å². The number of rotatable bonds is 12. The van der Waals surface area contributed by atoms with E-state index >= 15 is 0 Å². The van der Waals surface area contributed by atoms with Crippen molar-refractivity contribution >= 4 is 39.6 Å². The molecule has 1 atom stereocenters. The number of aromatic nitrogens is 3. The minimum Gasteiger partial charge on any atom is -0.493 e. The SMILES string of the molecule is CCCCCOc1c(Br)cc(C2C(C(=O)OC3CCCCC3)=C(C)Nc3nc(SCc4ccccc4F)nn32)cc1OC. The summed E-state index contributed by atoms with van der Waals surface area (Å²) in [6.07, 6.45) is 8.02. The van der Waals surface area contributed by atoms with E-state index in [0.29, 0.717) is 56.3 Å². The molecule has 0 amide bonds. The summed E-state index contributed by atoms with van der Waals surface area (Å²) in [7, 11) is 1.60. The molecule has 2 heterocycles. The van der Waals surface area contributed by atoms with Gasteiger partial charge in [0.15, 0.2) is 11.5 Å². The molecule has 0 saturated heterocycles. The third-order valence-electron chi connectivity index (χ3n) is 7.76. The maximum absolute atomic E-state index is 14.3. The highest BCUT2D eigenvalue weighted by Gasteiger charge is 2.37. The van der Waals surface area contributed by atoms with E-state index in [4.69, 9.17) is 24.3 Å². The summed E-state index contributed by atoms with van der Waals surface area (Å²) in [6.45, 7) is 4.58.